The molecule has 94 valence electrons. The van der Waals surface area contributed by atoms with E-state index < -0.39 is 10.0 Å². The third-order valence-corrected chi connectivity index (χ3v) is 5.01. The fourth-order valence-corrected chi connectivity index (χ4v) is 3.56. The Balaban J connectivity index is 2.23. The van der Waals surface area contributed by atoms with Crippen LogP contribution in [-0.2, 0) is 10.0 Å². The van der Waals surface area contributed by atoms with Gasteiger partial charge < -0.3 is 5.32 Å². The largest absolute Gasteiger partial charge is 0.388 e. The number of nitrogens with zero attached hydrogens (tertiary/aromatic N) is 1. The van der Waals surface area contributed by atoms with Crippen molar-refractivity contribution in [3.8, 4) is 0 Å². The first-order valence-electron chi connectivity index (χ1n) is 5.92. The van der Waals surface area contributed by atoms with Gasteiger partial charge in [0, 0.05) is 25.8 Å². The third-order valence-electron chi connectivity index (χ3n) is 3.10. The highest BCUT2D eigenvalue weighted by molar-refractivity contribution is 7.89. The van der Waals surface area contributed by atoms with Crippen molar-refractivity contribution in [1.82, 2.24) is 4.31 Å². The molecule has 1 heterocycles. The molecular weight excluding hydrogens is 236 g/mol. The molecule has 0 saturated carbocycles. The lowest BCUT2D eigenvalue weighted by atomic mass is 10.2. The summed E-state index contributed by atoms with van der Waals surface area (Å²) in [4.78, 5) is 0.387. The van der Waals surface area contributed by atoms with Crippen molar-refractivity contribution >= 4 is 15.7 Å². The number of piperidine rings is 1. The Labute approximate surface area is 103 Å². The van der Waals surface area contributed by atoms with Crippen LogP contribution in [0.15, 0.2) is 29.2 Å². The summed E-state index contributed by atoms with van der Waals surface area (Å²) in [5.41, 5.74) is 0.919. The maximum atomic E-state index is 12.3. The van der Waals surface area contributed by atoms with Gasteiger partial charge in [0.05, 0.1) is 4.90 Å². The molecular formula is C12H18N2O2S. The van der Waals surface area contributed by atoms with Gasteiger partial charge in [0.2, 0.25) is 10.0 Å². The Morgan fingerprint density at radius 1 is 1.06 bits per heavy atom. The first kappa shape index (κ1) is 12.4. The number of benzene rings is 1. The van der Waals surface area contributed by atoms with Gasteiger partial charge in [-0.25, -0.2) is 8.42 Å². The Hall–Kier alpha value is -1.07. The molecule has 0 atom stereocenters. The predicted octanol–water partition coefficient (Wildman–Crippen LogP) is 1.90. The van der Waals surface area contributed by atoms with E-state index in [1.54, 1.807) is 28.6 Å². The lowest BCUT2D eigenvalue weighted by Gasteiger charge is -2.25. The number of hydrogen-bond donors (Lipinski definition) is 1. The van der Waals surface area contributed by atoms with Crippen molar-refractivity contribution in [3.05, 3.63) is 24.3 Å². The van der Waals surface area contributed by atoms with Crippen molar-refractivity contribution in [1.29, 1.82) is 0 Å². The molecule has 1 aliphatic rings. The van der Waals surface area contributed by atoms with Crippen LogP contribution in [0.5, 0.6) is 0 Å². The van der Waals surface area contributed by atoms with Gasteiger partial charge in [0.15, 0.2) is 0 Å². The van der Waals surface area contributed by atoms with Crippen molar-refractivity contribution in [3.63, 3.8) is 0 Å². The Morgan fingerprint density at radius 2 is 1.65 bits per heavy atom. The molecule has 0 amide bonds. The SMILES string of the molecule is CNc1ccc(S(=O)(=O)N2CCCCC2)cc1. The number of sulfonamides is 1. The fourth-order valence-electron chi connectivity index (χ4n) is 2.05. The summed E-state index contributed by atoms with van der Waals surface area (Å²) in [7, 11) is -1.47. The van der Waals surface area contributed by atoms with E-state index in [1.165, 1.54) is 0 Å². The lowest BCUT2D eigenvalue weighted by molar-refractivity contribution is 0.346. The van der Waals surface area contributed by atoms with Crippen LogP contribution >= 0.6 is 0 Å². The molecule has 1 aromatic carbocycles. The standard InChI is InChI=1S/C12H18N2O2S/c1-13-11-5-7-12(8-6-11)17(15,16)14-9-3-2-4-10-14/h5-8,13H,2-4,9-10H2,1H3. The number of hydrogen-bond acceptors (Lipinski definition) is 3. The molecule has 0 aromatic heterocycles. The first-order chi connectivity index (χ1) is 8.14. The highest BCUT2D eigenvalue weighted by atomic mass is 32.2. The summed E-state index contributed by atoms with van der Waals surface area (Å²) < 4.78 is 26.2. The van der Waals surface area contributed by atoms with Gasteiger partial charge in [-0.2, -0.15) is 4.31 Å². The molecule has 1 aromatic rings. The van der Waals surface area contributed by atoms with Crippen LogP contribution in [0.3, 0.4) is 0 Å². The van der Waals surface area contributed by atoms with E-state index in [9.17, 15) is 8.42 Å². The summed E-state index contributed by atoms with van der Waals surface area (Å²) in [6.07, 6.45) is 3.06. The molecule has 4 nitrogen and oxygen atoms in total. The molecule has 0 unspecified atom stereocenters. The molecule has 17 heavy (non-hydrogen) atoms. The Morgan fingerprint density at radius 3 is 2.18 bits per heavy atom. The van der Waals surface area contributed by atoms with Gasteiger partial charge in [-0.3, -0.25) is 0 Å². The maximum Gasteiger partial charge on any atom is 0.243 e. The third kappa shape index (κ3) is 2.61. The van der Waals surface area contributed by atoms with E-state index in [2.05, 4.69) is 5.32 Å². The molecule has 0 aliphatic carbocycles. The topological polar surface area (TPSA) is 49.4 Å². The minimum atomic E-state index is -3.28. The van der Waals surface area contributed by atoms with Crippen molar-refractivity contribution in [2.75, 3.05) is 25.5 Å². The Kier molecular flexibility index (Phi) is 3.69. The monoisotopic (exact) mass is 254 g/mol. The molecule has 1 saturated heterocycles. The smallest absolute Gasteiger partial charge is 0.243 e. The van der Waals surface area contributed by atoms with Crippen molar-refractivity contribution in [2.45, 2.75) is 24.2 Å². The maximum absolute atomic E-state index is 12.3. The zero-order valence-electron chi connectivity index (χ0n) is 10.0. The quantitative estimate of drug-likeness (QED) is 0.896. The van der Waals surface area contributed by atoms with Gasteiger partial charge in [0.1, 0.15) is 0 Å². The van der Waals surface area contributed by atoms with Gasteiger partial charge in [0.25, 0.3) is 0 Å². The fraction of sp³-hybridized carbons (Fsp3) is 0.500. The van der Waals surface area contributed by atoms with E-state index in [4.69, 9.17) is 0 Å². The van der Waals surface area contributed by atoms with Crippen molar-refractivity contribution < 1.29 is 8.42 Å². The summed E-state index contributed by atoms with van der Waals surface area (Å²) >= 11 is 0. The molecule has 0 bridgehead atoms. The second-order valence-corrected chi connectivity index (χ2v) is 6.18. The van der Waals surface area contributed by atoms with Crippen LogP contribution in [0, 0.1) is 0 Å². The second-order valence-electron chi connectivity index (χ2n) is 4.24. The van der Waals surface area contributed by atoms with E-state index in [0.29, 0.717) is 18.0 Å². The molecule has 1 aliphatic heterocycles. The molecule has 0 radical (unpaired) electrons. The summed E-state index contributed by atoms with van der Waals surface area (Å²) in [5, 5.41) is 2.98. The van der Waals surface area contributed by atoms with Crippen LogP contribution in [0.2, 0.25) is 0 Å². The van der Waals surface area contributed by atoms with Gasteiger partial charge in [-0.05, 0) is 37.1 Å². The number of rotatable bonds is 3. The first-order valence-corrected chi connectivity index (χ1v) is 7.36. The average molecular weight is 254 g/mol. The molecule has 0 spiro atoms. The highest BCUT2D eigenvalue weighted by Gasteiger charge is 2.25. The summed E-state index contributed by atoms with van der Waals surface area (Å²) in [6, 6.07) is 6.90. The van der Waals surface area contributed by atoms with Crippen LogP contribution < -0.4 is 5.32 Å². The molecule has 1 N–H and O–H groups in total. The number of anilines is 1. The molecule has 5 heteroatoms. The highest BCUT2D eigenvalue weighted by Crippen LogP contribution is 2.21. The summed E-state index contributed by atoms with van der Waals surface area (Å²) in [6.45, 7) is 1.30. The van der Waals surface area contributed by atoms with Gasteiger partial charge >= 0.3 is 0 Å². The molecule has 1 fully saturated rings. The lowest BCUT2D eigenvalue weighted by Crippen LogP contribution is -2.35. The van der Waals surface area contributed by atoms with Crippen LogP contribution in [0.1, 0.15) is 19.3 Å². The van der Waals surface area contributed by atoms with E-state index in [-0.39, 0.29) is 0 Å². The van der Waals surface area contributed by atoms with E-state index in [1.807, 2.05) is 7.05 Å². The van der Waals surface area contributed by atoms with Crippen LogP contribution in [0.25, 0.3) is 0 Å². The number of nitrogens with one attached hydrogen (secondary N) is 1. The van der Waals surface area contributed by atoms with Gasteiger partial charge in [-0.15, -0.1) is 0 Å². The summed E-state index contributed by atoms with van der Waals surface area (Å²) in [5.74, 6) is 0. The van der Waals surface area contributed by atoms with Crippen LogP contribution in [0.4, 0.5) is 5.69 Å². The second kappa shape index (κ2) is 5.06. The minimum absolute atomic E-state index is 0.387. The van der Waals surface area contributed by atoms with Gasteiger partial charge in [-0.1, -0.05) is 6.42 Å². The average Bonchev–Trinajstić information content (AvgIpc) is 2.40. The van der Waals surface area contributed by atoms with E-state index in [0.717, 1.165) is 24.9 Å². The zero-order valence-corrected chi connectivity index (χ0v) is 10.8. The van der Waals surface area contributed by atoms with Crippen molar-refractivity contribution in [2.24, 2.45) is 0 Å². The minimum Gasteiger partial charge on any atom is -0.388 e. The van der Waals surface area contributed by atoms with E-state index >= 15 is 0 Å². The zero-order chi connectivity index (χ0) is 12.3. The Bertz CT molecular complexity index is 462. The molecule has 2 rings (SSSR count). The predicted molar refractivity (Wildman–Crippen MR) is 68.6 cm³/mol. The normalized spacial score (nSPS) is 17.9. The van der Waals surface area contributed by atoms with Crippen LogP contribution in [-0.4, -0.2) is 32.9 Å².